The third kappa shape index (κ3) is 4.64. The summed E-state index contributed by atoms with van der Waals surface area (Å²) in [5.41, 5.74) is 1.53. The minimum atomic E-state index is -0.142. The third-order valence-electron chi connectivity index (χ3n) is 3.89. The molecule has 1 saturated heterocycles. The van der Waals surface area contributed by atoms with E-state index in [0.29, 0.717) is 24.4 Å². The molecule has 1 aliphatic heterocycles. The molecular formula is C20H19N3O2S. The monoisotopic (exact) mass is 365 g/mol. The molecule has 1 aliphatic rings. The van der Waals surface area contributed by atoms with Crippen molar-refractivity contribution < 1.29 is 9.53 Å². The lowest BCUT2D eigenvalue weighted by molar-refractivity contribution is -0.129. The fourth-order valence-electron chi connectivity index (χ4n) is 2.57. The van der Waals surface area contributed by atoms with Gasteiger partial charge in [-0.25, -0.2) is 0 Å². The summed E-state index contributed by atoms with van der Waals surface area (Å²) in [5, 5.41) is 9.84. The molecule has 0 saturated carbocycles. The van der Waals surface area contributed by atoms with E-state index >= 15 is 0 Å². The molecule has 0 unspecified atom stereocenters. The second kappa shape index (κ2) is 9.07. The number of aliphatic imine (C=N–C) groups is 1. The van der Waals surface area contributed by atoms with Crippen LogP contribution >= 0.6 is 11.8 Å². The lowest BCUT2D eigenvalue weighted by Crippen LogP contribution is -2.42. The van der Waals surface area contributed by atoms with Crippen molar-refractivity contribution in [2.75, 3.05) is 18.9 Å². The van der Waals surface area contributed by atoms with Crippen molar-refractivity contribution in [1.82, 2.24) is 4.90 Å². The largest absolute Gasteiger partial charge is 0.482 e. The Morgan fingerprint density at radius 1 is 1.19 bits per heavy atom. The van der Waals surface area contributed by atoms with Crippen molar-refractivity contribution in [3.63, 3.8) is 0 Å². The average molecular weight is 365 g/mol. The summed E-state index contributed by atoms with van der Waals surface area (Å²) >= 11 is 1.60. The Labute approximate surface area is 157 Å². The zero-order valence-electron chi connectivity index (χ0n) is 14.3. The number of rotatable bonds is 5. The fraction of sp³-hybridized carbons (Fsp3) is 0.250. The number of hydrogen-bond donors (Lipinski definition) is 0. The summed E-state index contributed by atoms with van der Waals surface area (Å²) in [7, 11) is 0. The maximum absolute atomic E-state index is 12.6. The molecule has 5 nitrogen and oxygen atoms in total. The van der Waals surface area contributed by atoms with Crippen LogP contribution in [0.3, 0.4) is 0 Å². The van der Waals surface area contributed by atoms with Gasteiger partial charge in [0.25, 0.3) is 5.91 Å². The first-order valence-corrected chi connectivity index (χ1v) is 9.40. The number of carbonyl (C=O) groups excluding carboxylic acids is 1. The predicted octanol–water partition coefficient (Wildman–Crippen LogP) is 3.46. The number of amidine groups is 1. The zero-order valence-corrected chi connectivity index (χ0v) is 15.1. The Hall–Kier alpha value is -2.78. The summed E-state index contributed by atoms with van der Waals surface area (Å²) in [6.45, 7) is 1.08. The predicted molar refractivity (Wildman–Crippen MR) is 103 cm³/mol. The molecule has 0 aliphatic carbocycles. The molecule has 6 heteroatoms. The van der Waals surface area contributed by atoms with E-state index in [2.05, 4.69) is 11.1 Å². The van der Waals surface area contributed by atoms with Crippen molar-refractivity contribution in [1.29, 1.82) is 5.26 Å². The lowest BCUT2D eigenvalue weighted by atomic mass is 10.2. The summed E-state index contributed by atoms with van der Waals surface area (Å²) in [6.07, 6.45) is 0.926. The Bertz CT molecular complexity index is 830. The van der Waals surface area contributed by atoms with Crippen LogP contribution in [0.2, 0.25) is 0 Å². The van der Waals surface area contributed by atoms with Crippen LogP contribution < -0.4 is 4.74 Å². The highest BCUT2D eigenvalue weighted by Crippen LogP contribution is 2.20. The molecule has 0 bridgehead atoms. The number of para-hydroxylation sites is 1. The summed E-state index contributed by atoms with van der Waals surface area (Å²) in [4.78, 5) is 18.9. The van der Waals surface area contributed by atoms with E-state index in [4.69, 9.17) is 10.00 Å². The van der Waals surface area contributed by atoms with E-state index in [-0.39, 0.29) is 12.5 Å². The highest BCUT2D eigenvalue weighted by molar-refractivity contribution is 8.13. The Morgan fingerprint density at radius 3 is 2.77 bits per heavy atom. The lowest BCUT2D eigenvalue weighted by Gasteiger charge is -2.27. The molecule has 2 aromatic rings. The summed E-state index contributed by atoms with van der Waals surface area (Å²) in [5.74, 6) is 1.24. The highest BCUT2D eigenvalue weighted by atomic mass is 32.2. The van der Waals surface area contributed by atoms with Crippen LogP contribution in [0, 0.1) is 11.3 Å². The van der Waals surface area contributed by atoms with Gasteiger partial charge in [0.05, 0.1) is 12.1 Å². The third-order valence-corrected chi connectivity index (χ3v) is 4.99. The van der Waals surface area contributed by atoms with Crippen molar-refractivity contribution in [3.8, 4) is 11.8 Å². The van der Waals surface area contributed by atoms with Crippen LogP contribution in [0.1, 0.15) is 17.5 Å². The average Bonchev–Trinajstić information content (AvgIpc) is 2.71. The Kier molecular flexibility index (Phi) is 6.29. The molecule has 0 N–H and O–H groups in total. The maximum atomic E-state index is 12.6. The van der Waals surface area contributed by atoms with Gasteiger partial charge in [0, 0.05) is 12.3 Å². The SMILES string of the molecule is N#Cc1ccccc1OCC(=O)N1CCCSC1=NCc1ccccc1. The highest BCUT2D eigenvalue weighted by Gasteiger charge is 2.24. The molecular weight excluding hydrogens is 346 g/mol. The van der Waals surface area contributed by atoms with Gasteiger partial charge < -0.3 is 4.74 Å². The first kappa shape index (κ1) is 18.0. The topological polar surface area (TPSA) is 65.7 Å². The number of nitrogens with zero attached hydrogens (tertiary/aromatic N) is 3. The zero-order chi connectivity index (χ0) is 18.2. The number of ether oxygens (including phenoxy) is 1. The molecule has 132 valence electrons. The van der Waals surface area contributed by atoms with Gasteiger partial charge in [-0.2, -0.15) is 5.26 Å². The standard InChI is InChI=1S/C20H19N3O2S/c21-13-17-9-4-5-10-18(17)25-15-19(24)23-11-6-12-26-20(23)22-14-16-7-2-1-3-8-16/h1-5,7-10H,6,11-12,14-15H2. The molecule has 1 heterocycles. The van der Waals surface area contributed by atoms with Crippen molar-refractivity contribution >= 4 is 22.8 Å². The van der Waals surface area contributed by atoms with Gasteiger partial charge in [-0.05, 0) is 24.1 Å². The molecule has 1 amide bonds. The molecule has 2 aromatic carbocycles. The minimum Gasteiger partial charge on any atom is -0.482 e. The van der Waals surface area contributed by atoms with Crippen LogP contribution in [0.5, 0.6) is 5.75 Å². The molecule has 1 fully saturated rings. The number of hydrogen-bond acceptors (Lipinski definition) is 5. The summed E-state index contributed by atoms with van der Waals surface area (Å²) < 4.78 is 5.58. The molecule has 0 radical (unpaired) electrons. The van der Waals surface area contributed by atoms with Gasteiger partial charge in [-0.3, -0.25) is 14.7 Å². The first-order valence-electron chi connectivity index (χ1n) is 8.41. The Balaban J connectivity index is 1.65. The van der Waals surface area contributed by atoms with Gasteiger partial charge in [-0.1, -0.05) is 54.2 Å². The van der Waals surface area contributed by atoms with Crippen LogP contribution in [-0.4, -0.2) is 34.9 Å². The molecule has 3 rings (SSSR count). The number of amides is 1. The van der Waals surface area contributed by atoms with Crippen LogP contribution in [0.25, 0.3) is 0 Å². The first-order chi connectivity index (χ1) is 12.8. The van der Waals surface area contributed by atoms with E-state index in [0.717, 1.165) is 22.9 Å². The van der Waals surface area contributed by atoms with E-state index in [1.807, 2.05) is 30.3 Å². The van der Waals surface area contributed by atoms with Gasteiger partial charge in [-0.15, -0.1) is 0 Å². The number of nitriles is 1. The second-order valence-corrected chi connectivity index (χ2v) is 6.79. The van der Waals surface area contributed by atoms with Crippen LogP contribution in [0.15, 0.2) is 59.6 Å². The van der Waals surface area contributed by atoms with E-state index in [9.17, 15) is 4.79 Å². The van der Waals surface area contributed by atoms with Crippen LogP contribution in [0.4, 0.5) is 0 Å². The Morgan fingerprint density at radius 2 is 1.96 bits per heavy atom. The van der Waals surface area contributed by atoms with E-state index < -0.39 is 0 Å². The molecule has 0 spiro atoms. The number of thioether (sulfide) groups is 1. The quantitative estimate of drug-likeness (QED) is 0.814. The van der Waals surface area contributed by atoms with E-state index in [1.165, 1.54) is 0 Å². The maximum Gasteiger partial charge on any atom is 0.266 e. The van der Waals surface area contributed by atoms with Crippen molar-refractivity contribution in [3.05, 3.63) is 65.7 Å². The molecule has 26 heavy (non-hydrogen) atoms. The second-order valence-electron chi connectivity index (χ2n) is 5.73. The normalized spacial score (nSPS) is 15.5. The van der Waals surface area contributed by atoms with Crippen molar-refractivity contribution in [2.24, 2.45) is 4.99 Å². The van der Waals surface area contributed by atoms with Crippen LogP contribution in [-0.2, 0) is 11.3 Å². The fourth-order valence-corrected chi connectivity index (χ4v) is 3.53. The minimum absolute atomic E-state index is 0.108. The van der Waals surface area contributed by atoms with Gasteiger partial charge in [0.15, 0.2) is 11.8 Å². The summed E-state index contributed by atoms with van der Waals surface area (Å²) in [6, 6.07) is 19.0. The van der Waals surface area contributed by atoms with Gasteiger partial charge in [0.1, 0.15) is 11.8 Å². The molecule has 0 aromatic heterocycles. The van der Waals surface area contributed by atoms with Gasteiger partial charge in [0.2, 0.25) is 0 Å². The smallest absolute Gasteiger partial charge is 0.266 e. The number of carbonyl (C=O) groups is 1. The van der Waals surface area contributed by atoms with E-state index in [1.54, 1.807) is 40.9 Å². The van der Waals surface area contributed by atoms with Crippen molar-refractivity contribution in [2.45, 2.75) is 13.0 Å². The molecule has 0 atom stereocenters. The van der Waals surface area contributed by atoms with Gasteiger partial charge >= 0.3 is 0 Å². The number of benzene rings is 2.